The molecule has 0 atom stereocenters. The van der Waals surface area contributed by atoms with Crippen LogP contribution in [0.4, 0.5) is 14.6 Å². The molecule has 28 heavy (non-hydrogen) atoms. The van der Waals surface area contributed by atoms with Gasteiger partial charge in [0.25, 0.3) is 0 Å². The van der Waals surface area contributed by atoms with Gasteiger partial charge in [-0.1, -0.05) is 43.2 Å². The Morgan fingerprint density at radius 3 is 2.57 bits per heavy atom. The van der Waals surface area contributed by atoms with E-state index in [0.29, 0.717) is 17.3 Å². The number of anilines is 1. The van der Waals surface area contributed by atoms with Gasteiger partial charge in [0.05, 0.1) is 5.69 Å². The van der Waals surface area contributed by atoms with Gasteiger partial charge in [0.15, 0.2) is 4.96 Å². The van der Waals surface area contributed by atoms with Gasteiger partial charge in [-0.3, -0.25) is 4.40 Å². The van der Waals surface area contributed by atoms with Crippen LogP contribution >= 0.6 is 11.3 Å². The second-order valence-corrected chi connectivity index (χ2v) is 8.00. The normalized spacial score (nSPS) is 14.8. The number of rotatable bonds is 4. The smallest absolute Gasteiger partial charge is 0.196 e. The third kappa shape index (κ3) is 2.98. The van der Waals surface area contributed by atoms with Crippen LogP contribution in [0.15, 0.2) is 53.9 Å². The molecule has 5 rings (SSSR count). The van der Waals surface area contributed by atoms with Crippen molar-refractivity contribution < 1.29 is 8.78 Å². The van der Waals surface area contributed by atoms with Crippen molar-refractivity contribution in [1.82, 2.24) is 9.38 Å². The van der Waals surface area contributed by atoms with E-state index in [1.54, 1.807) is 0 Å². The number of aromatic nitrogens is 2. The van der Waals surface area contributed by atoms with E-state index in [-0.39, 0.29) is 0 Å². The lowest BCUT2D eigenvalue weighted by Crippen LogP contribution is -2.16. The Hall–Kier alpha value is -2.73. The Morgan fingerprint density at radius 2 is 1.82 bits per heavy atom. The third-order valence-corrected chi connectivity index (χ3v) is 6.14. The molecule has 1 saturated carbocycles. The van der Waals surface area contributed by atoms with Crippen molar-refractivity contribution in [1.29, 1.82) is 0 Å². The zero-order chi connectivity index (χ0) is 19.1. The summed E-state index contributed by atoms with van der Waals surface area (Å²) in [6.07, 6.45) is 4.55. The first-order valence-electron chi connectivity index (χ1n) is 9.48. The van der Waals surface area contributed by atoms with Crippen LogP contribution in [0.25, 0.3) is 27.5 Å². The summed E-state index contributed by atoms with van der Waals surface area (Å²) >= 11 is 1.52. The number of halogens is 2. The molecule has 1 N–H and O–H groups in total. The average Bonchev–Trinajstić information content (AvgIpc) is 3.41. The lowest BCUT2D eigenvalue weighted by atomic mass is 10.1. The number of thiazole rings is 1. The van der Waals surface area contributed by atoms with Crippen LogP contribution in [0, 0.1) is 11.6 Å². The fourth-order valence-corrected chi connectivity index (χ4v) is 4.83. The average molecular weight is 395 g/mol. The van der Waals surface area contributed by atoms with Crippen LogP contribution in [0.3, 0.4) is 0 Å². The minimum Gasteiger partial charge on any atom is -0.367 e. The van der Waals surface area contributed by atoms with Crippen molar-refractivity contribution in [2.45, 2.75) is 31.7 Å². The first kappa shape index (κ1) is 17.4. The largest absolute Gasteiger partial charge is 0.367 e. The molecule has 2 aromatic heterocycles. The quantitative estimate of drug-likeness (QED) is 0.435. The van der Waals surface area contributed by atoms with Gasteiger partial charge >= 0.3 is 0 Å². The highest BCUT2D eigenvalue weighted by Gasteiger charge is 2.24. The lowest BCUT2D eigenvalue weighted by molar-refractivity contribution is 0.585. The molecule has 0 saturated heterocycles. The molecule has 0 unspecified atom stereocenters. The second kappa shape index (κ2) is 7.02. The van der Waals surface area contributed by atoms with E-state index in [4.69, 9.17) is 4.98 Å². The van der Waals surface area contributed by atoms with Crippen LogP contribution in [0.2, 0.25) is 0 Å². The van der Waals surface area contributed by atoms with Gasteiger partial charge in [0, 0.05) is 23.1 Å². The number of fused-ring (bicyclic) bond motifs is 1. The van der Waals surface area contributed by atoms with Crippen molar-refractivity contribution in [2.75, 3.05) is 5.32 Å². The molecule has 3 nitrogen and oxygen atoms in total. The SMILES string of the molecule is Fc1ccc(-c2nc3scc(-c4ccccc4)n3c2NC2CCCC2)c(F)c1. The van der Waals surface area contributed by atoms with Crippen LogP contribution in [-0.2, 0) is 0 Å². The molecule has 6 heteroatoms. The molecule has 142 valence electrons. The highest BCUT2D eigenvalue weighted by atomic mass is 32.1. The van der Waals surface area contributed by atoms with Crippen molar-refractivity contribution >= 4 is 22.1 Å². The molecule has 1 aliphatic rings. The third-order valence-electron chi connectivity index (χ3n) is 5.32. The highest BCUT2D eigenvalue weighted by Crippen LogP contribution is 2.38. The maximum atomic E-state index is 14.6. The topological polar surface area (TPSA) is 29.3 Å². The second-order valence-electron chi connectivity index (χ2n) is 7.16. The van der Waals surface area contributed by atoms with Gasteiger partial charge in [-0.05, 0) is 30.5 Å². The number of nitrogens with zero attached hydrogens (tertiary/aromatic N) is 2. The maximum Gasteiger partial charge on any atom is 0.196 e. The fourth-order valence-electron chi connectivity index (χ4n) is 3.94. The summed E-state index contributed by atoms with van der Waals surface area (Å²) < 4.78 is 30.1. The molecule has 0 spiro atoms. The maximum absolute atomic E-state index is 14.6. The van der Waals surface area contributed by atoms with E-state index >= 15 is 0 Å². The van der Waals surface area contributed by atoms with Gasteiger partial charge in [0.1, 0.15) is 23.1 Å². The zero-order valence-electron chi connectivity index (χ0n) is 15.2. The summed E-state index contributed by atoms with van der Waals surface area (Å²) in [7, 11) is 0. The van der Waals surface area contributed by atoms with Gasteiger partial charge < -0.3 is 5.32 Å². The standard InChI is InChI=1S/C22H19F2N3S/c23-15-10-11-17(18(24)12-15)20-21(25-16-8-4-5-9-16)27-19(13-28-22(27)26-20)14-6-2-1-3-7-14/h1-3,6-7,10-13,16,25H,4-5,8-9H2. The molecule has 1 fully saturated rings. The number of nitrogens with one attached hydrogen (secondary N) is 1. The van der Waals surface area contributed by atoms with E-state index < -0.39 is 11.6 Å². The van der Waals surface area contributed by atoms with E-state index in [9.17, 15) is 8.78 Å². The lowest BCUT2D eigenvalue weighted by Gasteiger charge is -2.16. The van der Waals surface area contributed by atoms with Crippen molar-refractivity contribution in [2.24, 2.45) is 0 Å². The summed E-state index contributed by atoms with van der Waals surface area (Å²) in [5.74, 6) is -0.397. The monoisotopic (exact) mass is 395 g/mol. The van der Waals surface area contributed by atoms with Crippen LogP contribution in [-0.4, -0.2) is 15.4 Å². The first-order valence-corrected chi connectivity index (χ1v) is 10.4. The summed E-state index contributed by atoms with van der Waals surface area (Å²) in [6.45, 7) is 0. The molecule has 0 aliphatic heterocycles. The minimum absolute atomic E-state index is 0.316. The van der Waals surface area contributed by atoms with E-state index in [1.807, 2.05) is 18.2 Å². The zero-order valence-corrected chi connectivity index (χ0v) is 16.0. The molecule has 0 amide bonds. The number of hydrogen-bond donors (Lipinski definition) is 1. The van der Waals surface area contributed by atoms with Gasteiger partial charge in [0.2, 0.25) is 0 Å². The molecule has 0 bridgehead atoms. The fraction of sp³-hybridized carbons (Fsp3) is 0.227. The molecule has 2 aromatic carbocycles. The Morgan fingerprint density at radius 1 is 1.04 bits per heavy atom. The van der Waals surface area contributed by atoms with E-state index in [2.05, 4.69) is 27.2 Å². The van der Waals surface area contributed by atoms with Gasteiger partial charge in [-0.25, -0.2) is 13.8 Å². The summed E-state index contributed by atoms with van der Waals surface area (Å²) in [5.41, 5.74) is 2.94. The van der Waals surface area contributed by atoms with E-state index in [1.165, 1.54) is 36.3 Å². The molecule has 2 heterocycles. The van der Waals surface area contributed by atoms with Crippen molar-refractivity contribution in [3.8, 4) is 22.5 Å². The molecular formula is C22H19F2N3S. The first-order chi connectivity index (χ1) is 13.7. The minimum atomic E-state index is -0.596. The molecule has 4 aromatic rings. The van der Waals surface area contributed by atoms with Crippen LogP contribution in [0.1, 0.15) is 25.7 Å². The van der Waals surface area contributed by atoms with Crippen molar-refractivity contribution in [3.05, 3.63) is 65.5 Å². The Kier molecular flexibility index (Phi) is 4.36. The predicted octanol–water partition coefficient (Wildman–Crippen LogP) is 6.36. The number of hydrogen-bond acceptors (Lipinski definition) is 3. The van der Waals surface area contributed by atoms with Crippen LogP contribution in [0.5, 0.6) is 0 Å². The summed E-state index contributed by atoms with van der Waals surface area (Å²) in [6, 6.07) is 14.1. The number of imidazole rings is 1. The Balaban J connectivity index is 1.72. The number of benzene rings is 2. The Labute approximate surface area is 165 Å². The van der Waals surface area contributed by atoms with Crippen LogP contribution < -0.4 is 5.32 Å². The van der Waals surface area contributed by atoms with Gasteiger partial charge in [-0.15, -0.1) is 11.3 Å². The molecular weight excluding hydrogens is 376 g/mol. The predicted molar refractivity (Wildman–Crippen MR) is 110 cm³/mol. The molecule has 1 aliphatic carbocycles. The molecule has 0 radical (unpaired) electrons. The highest BCUT2D eigenvalue weighted by molar-refractivity contribution is 7.15. The summed E-state index contributed by atoms with van der Waals surface area (Å²) in [5, 5.41) is 5.69. The van der Waals surface area contributed by atoms with Crippen molar-refractivity contribution in [3.63, 3.8) is 0 Å². The van der Waals surface area contributed by atoms with E-state index in [0.717, 1.165) is 40.9 Å². The summed E-state index contributed by atoms with van der Waals surface area (Å²) in [4.78, 5) is 5.51. The van der Waals surface area contributed by atoms with Gasteiger partial charge in [-0.2, -0.15) is 0 Å². The Bertz CT molecular complexity index is 1130.